The fourth-order valence-electron chi connectivity index (χ4n) is 2.56. The highest BCUT2D eigenvalue weighted by Gasteiger charge is 2.07. The van der Waals surface area contributed by atoms with Crippen LogP contribution >= 0.6 is 11.3 Å². The van der Waals surface area contributed by atoms with Gasteiger partial charge in [-0.25, -0.2) is 0 Å². The first-order valence-electron chi connectivity index (χ1n) is 8.17. The Morgan fingerprint density at radius 1 is 0.667 bits per heavy atom. The van der Waals surface area contributed by atoms with Crippen molar-refractivity contribution < 1.29 is 9.68 Å². The van der Waals surface area contributed by atoms with E-state index in [2.05, 4.69) is 22.4 Å². The first-order chi connectivity index (χ1) is 13.1. The van der Waals surface area contributed by atoms with E-state index < -0.39 is 0 Å². The van der Waals surface area contributed by atoms with Crippen LogP contribution in [-0.2, 0) is 9.68 Å². The number of amidine groups is 2. The number of nitrogens with zero attached hydrogens (tertiary/aromatic N) is 2. The van der Waals surface area contributed by atoms with Gasteiger partial charge in [-0.2, -0.15) is 0 Å². The maximum absolute atomic E-state index is 5.83. The van der Waals surface area contributed by atoms with Crippen LogP contribution in [0.2, 0.25) is 0 Å². The van der Waals surface area contributed by atoms with Gasteiger partial charge in [-0.1, -0.05) is 58.8 Å². The zero-order valence-corrected chi connectivity index (χ0v) is 15.9. The fourth-order valence-corrected chi connectivity index (χ4v) is 3.58. The van der Waals surface area contributed by atoms with Crippen LogP contribution in [-0.4, -0.2) is 25.9 Å². The minimum absolute atomic E-state index is 0.354. The Morgan fingerprint density at radius 3 is 1.37 bits per heavy atom. The van der Waals surface area contributed by atoms with E-state index in [-0.39, 0.29) is 0 Å². The van der Waals surface area contributed by atoms with Crippen molar-refractivity contribution in [3.63, 3.8) is 0 Å². The van der Waals surface area contributed by atoms with Gasteiger partial charge < -0.3 is 21.1 Å². The summed E-state index contributed by atoms with van der Waals surface area (Å²) >= 11 is 1.72. The second-order valence-corrected chi connectivity index (χ2v) is 6.72. The van der Waals surface area contributed by atoms with E-state index in [0.29, 0.717) is 11.7 Å². The van der Waals surface area contributed by atoms with Crippen molar-refractivity contribution in [3.05, 3.63) is 71.8 Å². The standard InChI is InChI=1S/C20H20N4O2S/c1-25-23-19(21)15-7-3-13(4-8-15)17-11-12-18(27-17)14-5-9-16(10-6-14)20(22)24-26-2/h3-12H,1-2H3,(H2,21,23)(H2,22,24). The number of nitrogens with two attached hydrogens (primary N) is 2. The van der Waals surface area contributed by atoms with E-state index in [9.17, 15) is 0 Å². The SMILES string of the molecule is CO/N=C(\N)c1ccc(-c2ccc(-c3ccc(/C(N)=N\OC)cc3)s2)cc1. The van der Waals surface area contributed by atoms with Gasteiger partial charge in [-0.3, -0.25) is 0 Å². The number of rotatable bonds is 6. The summed E-state index contributed by atoms with van der Waals surface area (Å²) in [6.07, 6.45) is 0. The number of oxime groups is 2. The molecule has 0 atom stereocenters. The lowest BCUT2D eigenvalue weighted by molar-refractivity contribution is 0.213. The summed E-state index contributed by atoms with van der Waals surface area (Å²) in [7, 11) is 2.94. The van der Waals surface area contributed by atoms with Gasteiger partial charge in [-0.05, 0) is 23.3 Å². The molecule has 0 radical (unpaired) electrons. The molecule has 138 valence electrons. The van der Waals surface area contributed by atoms with Crippen molar-refractivity contribution >= 4 is 23.0 Å². The van der Waals surface area contributed by atoms with Crippen molar-refractivity contribution in [2.45, 2.75) is 0 Å². The molecule has 0 fully saturated rings. The average Bonchev–Trinajstić information content (AvgIpc) is 3.19. The minimum Gasteiger partial charge on any atom is -0.397 e. The molecule has 27 heavy (non-hydrogen) atoms. The van der Waals surface area contributed by atoms with Crippen LogP contribution in [0.4, 0.5) is 0 Å². The summed E-state index contributed by atoms with van der Waals surface area (Å²) in [6, 6.07) is 20.0. The van der Waals surface area contributed by atoms with E-state index in [1.54, 1.807) is 11.3 Å². The lowest BCUT2D eigenvalue weighted by atomic mass is 10.1. The zero-order valence-electron chi connectivity index (χ0n) is 15.0. The van der Waals surface area contributed by atoms with Crippen LogP contribution in [0.3, 0.4) is 0 Å². The summed E-state index contributed by atoms with van der Waals surface area (Å²) in [4.78, 5) is 11.7. The smallest absolute Gasteiger partial charge is 0.170 e. The molecule has 1 aromatic heterocycles. The summed E-state index contributed by atoms with van der Waals surface area (Å²) < 4.78 is 0. The van der Waals surface area contributed by atoms with Crippen LogP contribution in [0, 0.1) is 0 Å². The molecule has 0 bridgehead atoms. The van der Waals surface area contributed by atoms with Crippen LogP contribution in [0.1, 0.15) is 11.1 Å². The van der Waals surface area contributed by atoms with E-state index in [1.807, 2.05) is 48.5 Å². The lowest BCUT2D eigenvalue weighted by Crippen LogP contribution is -2.13. The third-order valence-electron chi connectivity index (χ3n) is 3.92. The van der Waals surface area contributed by atoms with Gasteiger partial charge in [0.1, 0.15) is 14.2 Å². The number of benzene rings is 2. The van der Waals surface area contributed by atoms with Crippen molar-refractivity contribution in [1.82, 2.24) is 0 Å². The normalized spacial score (nSPS) is 12.1. The van der Waals surface area contributed by atoms with E-state index >= 15 is 0 Å². The molecule has 1 heterocycles. The van der Waals surface area contributed by atoms with Crippen molar-refractivity contribution in [2.24, 2.45) is 21.8 Å². The minimum atomic E-state index is 0.354. The summed E-state index contributed by atoms with van der Waals surface area (Å²) in [5.74, 6) is 0.708. The van der Waals surface area contributed by atoms with Gasteiger partial charge in [0.15, 0.2) is 11.7 Å². The highest BCUT2D eigenvalue weighted by Crippen LogP contribution is 2.34. The molecule has 7 heteroatoms. The van der Waals surface area contributed by atoms with Crippen molar-refractivity contribution in [2.75, 3.05) is 14.2 Å². The molecule has 0 saturated carbocycles. The first-order valence-corrected chi connectivity index (χ1v) is 8.98. The van der Waals surface area contributed by atoms with Crippen LogP contribution in [0.25, 0.3) is 20.9 Å². The van der Waals surface area contributed by atoms with Crippen LogP contribution in [0.15, 0.2) is 71.0 Å². The molecule has 0 aliphatic rings. The van der Waals surface area contributed by atoms with Gasteiger partial charge in [-0.15, -0.1) is 11.3 Å². The Bertz CT molecular complexity index is 882. The average molecular weight is 380 g/mol. The van der Waals surface area contributed by atoms with Crippen LogP contribution < -0.4 is 11.5 Å². The molecule has 6 nitrogen and oxygen atoms in total. The molecule has 0 unspecified atom stereocenters. The highest BCUT2D eigenvalue weighted by atomic mass is 32.1. The van der Waals surface area contributed by atoms with E-state index in [4.69, 9.17) is 21.1 Å². The van der Waals surface area contributed by atoms with Crippen molar-refractivity contribution in [1.29, 1.82) is 0 Å². The van der Waals surface area contributed by atoms with Gasteiger partial charge >= 0.3 is 0 Å². The molecule has 0 aliphatic heterocycles. The summed E-state index contributed by atoms with van der Waals surface area (Å²) in [5, 5.41) is 7.49. The molecule has 2 aromatic carbocycles. The Hall–Kier alpha value is -3.32. The predicted octanol–water partition coefficient (Wildman–Crippen LogP) is 3.62. The monoisotopic (exact) mass is 380 g/mol. The van der Waals surface area contributed by atoms with E-state index in [1.165, 1.54) is 24.0 Å². The first kappa shape index (κ1) is 18.5. The molecule has 4 N–H and O–H groups in total. The van der Waals surface area contributed by atoms with Gasteiger partial charge in [0.05, 0.1) is 0 Å². The molecule has 0 spiro atoms. The number of hydrogen-bond donors (Lipinski definition) is 2. The highest BCUT2D eigenvalue weighted by molar-refractivity contribution is 7.18. The second kappa shape index (κ2) is 8.37. The third kappa shape index (κ3) is 4.27. The zero-order chi connectivity index (χ0) is 19.2. The van der Waals surface area contributed by atoms with E-state index in [0.717, 1.165) is 22.3 Å². The van der Waals surface area contributed by atoms with Gasteiger partial charge in [0.2, 0.25) is 0 Å². The Labute approximate surface area is 161 Å². The Balaban J connectivity index is 1.80. The predicted molar refractivity (Wildman–Crippen MR) is 111 cm³/mol. The third-order valence-corrected chi connectivity index (χ3v) is 5.10. The molecular formula is C20H20N4O2S. The lowest BCUT2D eigenvalue weighted by Gasteiger charge is -2.03. The molecule has 3 rings (SSSR count). The molecule has 0 amide bonds. The number of thiophene rings is 1. The van der Waals surface area contributed by atoms with Crippen molar-refractivity contribution in [3.8, 4) is 20.9 Å². The number of hydrogen-bond acceptors (Lipinski definition) is 5. The maximum Gasteiger partial charge on any atom is 0.170 e. The fraction of sp³-hybridized carbons (Fsp3) is 0.100. The Kier molecular flexibility index (Phi) is 5.73. The molecule has 3 aromatic rings. The Morgan fingerprint density at radius 2 is 1.04 bits per heavy atom. The summed E-state index contributed by atoms with van der Waals surface area (Å²) in [6.45, 7) is 0. The quantitative estimate of drug-likeness (QED) is 0.388. The maximum atomic E-state index is 5.83. The van der Waals surface area contributed by atoms with Gasteiger partial charge in [0, 0.05) is 20.9 Å². The topological polar surface area (TPSA) is 95.2 Å². The van der Waals surface area contributed by atoms with Crippen LogP contribution in [0.5, 0.6) is 0 Å². The largest absolute Gasteiger partial charge is 0.397 e. The second-order valence-electron chi connectivity index (χ2n) is 5.64. The molecular weight excluding hydrogens is 360 g/mol. The van der Waals surface area contributed by atoms with Gasteiger partial charge in [0.25, 0.3) is 0 Å². The molecule has 0 aliphatic carbocycles. The summed E-state index contributed by atoms with van der Waals surface area (Å²) in [5.41, 5.74) is 15.5. The molecule has 0 saturated heterocycles.